The van der Waals surface area contributed by atoms with Gasteiger partial charge in [-0.3, -0.25) is 0 Å². The molecule has 0 saturated carbocycles. The van der Waals surface area contributed by atoms with Crippen LogP contribution in [-0.2, 0) is 6.42 Å². The Kier molecular flexibility index (Phi) is 4.26. The van der Waals surface area contributed by atoms with Gasteiger partial charge in [0.15, 0.2) is 11.5 Å². The fourth-order valence-electron chi connectivity index (χ4n) is 2.27. The van der Waals surface area contributed by atoms with Crippen molar-refractivity contribution in [2.24, 2.45) is 0 Å². The molecule has 1 N–H and O–H groups in total. The molecule has 3 nitrogen and oxygen atoms in total. The number of nitrogens with one attached hydrogen (secondary N) is 1. The van der Waals surface area contributed by atoms with E-state index in [0.717, 1.165) is 24.5 Å². The average Bonchev–Trinajstić information content (AvgIpc) is 2.77. The number of fused-ring (bicyclic) bond motifs is 1. The van der Waals surface area contributed by atoms with Crippen LogP contribution in [0.1, 0.15) is 32.3 Å². The van der Waals surface area contributed by atoms with Gasteiger partial charge in [-0.25, -0.2) is 0 Å². The number of rotatable bonds is 6. The molecule has 1 heterocycles. The maximum Gasteiger partial charge on any atom is 0.231 e. The molecular formula is C14H21NO2. The number of ether oxygens (including phenoxy) is 2. The Bertz CT molecular complexity index is 359. The fraction of sp³-hybridized carbons (Fsp3) is 0.571. The normalized spacial score (nSPS) is 14.9. The Hall–Kier alpha value is -1.22. The van der Waals surface area contributed by atoms with Gasteiger partial charge in [0.25, 0.3) is 0 Å². The quantitative estimate of drug-likeness (QED) is 0.822. The van der Waals surface area contributed by atoms with Crippen molar-refractivity contribution in [1.82, 2.24) is 5.32 Å². The molecule has 0 radical (unpaired) electrons. The second kappa shape index (κ2) is 5.92. The molecule has 0 bridgehead atoms. The second-order valence-electron chi connectivity index (χ2n) is 4.44. The standard InChI is InChI=1S/C14H21NO2/c1-3-5-12(15-4-2)8-11-6-7-13-14(9-11)17-10-16-13/h6-7,9,12,15H,3-5,8,10H2,1-2H3. The Balaban J connectivity index is 2.01. The highest BCUT2D eigenvalue weighted by Crippen LogP contribution is 2.32. The second-order valence-corrected chi connectivity index (χ2v) is 4.44. The van der Waals surface area contributed by atoms with E-state index in [4.69, 9.17) is 9.47 Å². The van der Waals surface area contributed by atoms with E-state index in [9.17, 15) is 0 Å². The van der Waals surface area contributed by atoms with Crippen molar-refractivity contribution < 1.29 is 9.47 Å². The highest BCUT2D eigenvalue weighted by molar-refractivity contribution is 5.44. The number of hydrogen-bond donors (Lipinski definition) is 1. The summed E-state index contributed by atoms with van der Waals surface area (Å²) in [5.41, 5.74) is 1.31. The van der Waals surface area contributed by atoms with E-state index in [-0.39, 0.29) is 0 Å². The van der Waals surface area contributed by atoms with Crippen molar-refractivity contribution >= 4 is 0 Å². The Morgan fingerprint density at radius 1 is 1.24 bits per heavy atom. The van der Waals surface area contributed by atoms with Gasteiger partial charge in [-0.2, -0.15) is 0 Å². The summed E-state index contributed by atoms with van der Waals surface area (Å²) >= 11 is 0. The molecule has 1 aliphatic heterocycles. The highest BCUT2D eigenvalue weighted by atomic mass is 16.7. The molecule has 1 atom stereocenters. The van der Waals surface area contributed by atoms with E-state index < -0.39 is 0 Å². The van der Waals surface area contributed by atoms with Gasteiger partial charge in [0.2, 0.25) is 6.79 Å². The van der Waals surface area contributed by atoms with Gasteiger partial charge < -0.3 is 14.8 Å². The Morgan fingerprint density at radius 2 is 2.06 bits per heavy atom. The van der Waals surface area contributed by atoms with E-state index in [0.29, 0.717) is 12.8 Å². The van der Waals surface area contributed by atoms with Crippen LogP contribution >= 0.6 is 0 Å². The lowest BCUT2D eigenvalue weighted by Crippen LogP contribution is -2.30. The topological polar surface area (TPSA) is 30.5 Å². The number of benzene rings is 1. The fourth-order valence-corrected chi connectivity index (χ4v) is 2.27. The summed E-state index contributed by atoms with van der Waals surface area (Å²) in [4.78, 5) is 0. The zero-order valence-corrected chi connectivity index (χ0v) is 10.7. The van der Waals surface area contributed by atoms with E-state index >= 15 is 0 Å². The summed E-state index contributed by atoms with van der Waals surface area (Å²) in [7, 11) is 0. The minimum atomic E-state index is 0.352. The van der Waals surface area contributed by atoms with Crippen LogP contribution < -0.4 is 14.8 Å². The number of hydrogen-bond acceptors (Lipinski definition) is 3. The zero-order chi connectivity index (χ0) is 12.1. The highest BCUT2D eigenvalue weighted by Gasteiger charge is 2.14. The molecule has 0 aliphatic carbocycles. The SMILES string of the molecule is CCCC(Cc1ccc2c(c1)OCO2)NCC. The Morgan fingerprint density at radius 3 is 2.82 bits per heavy atom. The van der Waals surface area contributed by atoms with Gasteiger partial charge in [0.1, 0.15) is 0 Å². The molecular weight excluding hydrogens is 214 g/mol. The maximum absolute atomic E-state index is 5.40. The van der Waals surface area contributed by atoms with Crippen molar-refractivity contribution in [3.05, 3.63) is 23.8 Å². The predicted molar refractivity (Wildman–Crippen MR) is 68.6 cm³/mol. The van der Waals surface area contributed by atoms with E-state index in [1.165, 1.54) is 18.4 Å². The molecule has 0 fully saturated rings. The van der Waals surface area contributed by atoms with E-state index in [1.54, 1.807) is 0 Å². The summed E-state index contributed by atoms with van der Waals surface area (Å²) < 4.78 is 10.7. The third-order valence-corrected chi connectivity index (χ3v) is 3.05. The average molecular weight is 235 g/mol. The van der Waals surface area contributed by atoms with Gasteiger partial charge in [-0.15, -0.1) is 0 Å². The van der Waals surface area contributed by atoms with Crippen LogP contribution in [0.3, 0.4) is 0 Å². The first kappa shape index (κ1) is 12.2. The summed E-state index contributed by atoms with van der Waals surface area (Å²) in [6.45, 7) is 5.76. The molecule has 17 heavy (non-hydrogen) atoms. The van der Waals surface area contributed by atoms with Crippen LogP contribution in [0.5, 0.6) is 11.5 Å². The molecule has 1 aromatic carbocycles. The molecule has 0 spiro atoms. The smallest absolute Gasteiger partial charge is 0.231 e. The molecule has 0 amide bonds. The van der Waals surface area contributed by atoms with Crippen LogP contribution in [0.4, 0.5) is 0 Å². The Labute approximate surface area is 103 Å². The van der Waals surface area contributed by atoms with Crippen molar-refractivity contribution in [1.29, 1.82) is 0 Å². The molecule has 0 aromatic heterocycles. The third-order valence-electron chi connectivity index (χ3n) is 3.05. The molecule has 1 aromatic rings. The molecule has 3 heteroatoms. The van der Waals surface area contributed by atoms with Gasteiger partial charge in [-0.1, -0.05) is 26.3 Å². The summed E-state index contributed by atoms with van der Waals surface area (Å²) in [5, 5.41) is 3.53. The van der Waals surface area contributed by atoms with Gasteiger partial charge in [-0.05, 0) is 37.1 Å². The van der Waals surface area contributed by atoms with Gasteiger partial charge in [0, 0.05) is 6.04 Å². The molecule has 94 valence electrons. The number of likely N-dealkylation sites (N-methyl/N-ethyl adjacent to an activating group) is 1. The minimum absolute atomic E-state index is 0.352. The largest absolute Gasteiger partial charge is 0.454 e. The van der Waals surface area contributed by atoms with Crippen molar-refractivity contribution in [3.63, 3.8) is 0 Å². The van der Waals surface area contributed by atoms with E-state index in [2.05, 4.69) is 31.3 Å². The van der Waals surface area contributed by atoms with Crippen LogP contribution in [0.2, 0.25) is 0 Å². The molecule has 1 unspecified atom stereocenters. The molecule has 2 rings (SSSR count). The third kappa shape index (κ3) is 3.13. The minimum Gasteiger partial charge on any atom is -0.454 e. The first-order valence-electron chi connectivity index (χ1n) is 6.45. The van der Waals surface area contributed by atoms with Crippen LogP contribution in [0.15, 0.2) is 18.2 Å². The molecule has 0 saturated heterocycles. The van der Waals surface area contributed by atoms with Crippen molar-refractivity contribution in [2.75, 3.05) is 13.3 Å². The first-order chi connectivity index (χ1) is 8.33. The lowest BCUT2D eigenvalue weighted by Gasteiger charge is -2.17. The van der Waals surface area contributed by atoms with Crippen LogP contribution in [0, 0.1) is 0 Å². The predicted octanol–water partition coefficient (Wildman–Crippen LogP) is 2.74. The zero-order valence-electron chi connectivity index (χ0n) is 10.7. The first-order valence-corrected chi connectivity index (χ1v) is 6.45. The van der Waals surface area contributed by atoms with Crippen molar-refractivity contribution in [3.8, 4) is 11.5 Å². The monoisotopic (exact) mass is 235 g/mol. The maximum atomic E-state index is 5.40. The summed E-state index contributed by atoms with van der Waals surface area (Å²) in [6, 6.07) is 6.80. The van der Waals surface area contributed by atoms with E-state index in [1.807, 2.05) is 6.07 Å². The van der Waals surface area contributed by atoms with Crippen LogP contribution in [-0.4, -0.2) is 19.4 Å². The molecule has 1 aliphatic rings. The van der Waals surface area contributed by atoms with Crippen molar-refractivity contribution in [2.45, 2.75) is 39.2 Å². The summed E-state index contributed by atoms with van der Waals surface area (Å²) in [5.74, 6) is 1.75. The lowest BCUT2D eigenvalue weighted by molar-refractivity contribution is 0.174. The van der Waals surface area contributed by atoms with Crippen LogP contribution in [0.25, 0.3) is 0 Å². The van der Waals surface area contributed by atoms with Gasteiger partial charge >= 0.3 is 0 Å². The lowest BCUT2D eigenvalue weighted by atomic mass is 10.0. The summed E-state index contributed by atoms with van der Waals surface area (Å²) in [6.07, 6.45) is 3.48. The van der Waals surface area contributed by atoms with Gasteiger partial charge in [0.05, 0.1) is 0 Å².